The molecule has 0 aliphatic rings. The molecule has 1 unspecified atom stereocenters. The molecule has 1 aromatic carbocycles. The smallest absolute Gasteiger partial charge is 0.126 e. The molecule has 19 heavy (non-hydrogen) atoms. The van der Waals surface area contributed by atoms with Gasteiger partial charge in [-0.15, -0.1) is 0 Å². The van der Waals surface area contributed by atoms with Gasteiger partial charge in [-0.25, -0.2) is 4.39 Å². The summed E-state index contributed by atoms with van der Waals surface area (Å²) in [6.07, 6.45) is 1.75. The molecule has 0 aliphatic carbocycles. The first kappa shape index (κ1) is 14.2. The van der Waals surface area contributed by atoms with Crippen molar-refractivity contribution >= 4 is 15.9 Å². The topological polar surface area (TPSA) is 29.9 Å². The van der Waals surface area contributed by atoms with E-state index < -0.39 is 0 Å². The molecule has 1 heterocycles. The number of halogens is 2. The Bertz CT molecular complexity index is 561. The summed E-state index contributed by atoms with van der Waals surface area (Å²) in [6.45, 7) is 4.58. The van der Waals surface area contributed by atoms with Crippen LogP contribution in [-0.4, -0.2) is 16.3 Å². The van der Waals surface area contributed by atoms with Gasteiger partial charge < -0.3 is 5.32 Å². The Morgan fingerprint density at radius 1 is 1.47 bits per heavy atom. The highest BCUT2D eigenvalue weighted by atomic mass is 79.9. The molecule has 2 rings (SSSR count). The number of hydrogen-bond acceptors (Lipinski definition) is 2. The predicted molar refractivity (Wildman–Crippen MR) is 77.6 cm³/mol. The van der Waals surface area contributed by atoms with Gasteiger partial charge in [0.25, 0.3) is 0 Å². The maximum atomic E-state index is 13.8. The van der Waals surface area contributed by atoms with Crippen LogP contribution in [0.25, 0.3) is 0 Å². The molecular formula is C14H17BrFN3. The van der Waals surface area contributed by atoms with Gasteiger partial charge in [-0.3, -0.25) is 4.68 Å². The lowest BCUT2D eigenvalue weighted by atomic mass is 10.0. The van der Waals surface area contributed by atoms with Gasteiger partial charge in [0.1, 0.15) is 5.82 Å². The Balaban J connectivity index is 2.48. The van der Waals surface area contributed by atoms with Crippen molar-refractivity contribution < 1.29 is 4.39 Å². The summed E-state index contributed by atoms with van der Waals surface area (Å²) in [6, 6.07) is 5.26. The van der Waals surface area contributed by atoms with E-state index in [4.69, 9.17) is 0 Å². The molecule has 3 nitrogen and oxygen atoms in total. The maximum absolute atomic E-state index is 13.8. The van der Waals surface area contributed by atoms with Crippen LogP contribution in [0.2, 0.25) is 0 Å². The summed E-state index contributed by atoms with van der Waals surface area (Å²) in [7, 11) is 1.88. The largest absolute Gasteiger partial charge is 0.305 e. The lowest BCUT2D eigenvalue weighted by Crippen LogP contribution is -2.24. The van der Waals surface area contributed by atoms with Crippen molar-refractivity contribution in [2.45, 2.75) is 19.9 Å². The van der Waals surface area contributed by atoms with Crippen molar-refractivity contribution in [3.63, 3.8) is 0 Å². The van der Waals surface area contributed by atoms with Gasteiger partial charge >= 0.3 is 0 Å². The Morgan fingerprint density at radius 3 is 2.74 bits per heavy atom. The SMILES string of the molecule is CCNC(c1ccc(C)c(F)c1)c1c(Br)cnn1C. The van der Waals surface area contributed by atoms with Gasteiger partial charge in [0, 0.05) is 7.05 Å². The van der Waals surface area contributed by atoms with Crippen molar-refractivity contribution in [2.24, 2.45) is 7.05 Å². The summed E-state index contributed by atoms with van der Waals surface area (Å²) in [5.74, 6) is -0.182. The number of hydrogen-bond donors (Lipinski definition) is 1. The van der Waals surface area contributed by atoms with Crippen molar-refractivity contribution in [1.29, 1.82) is 0 Å². The molecule has 1 aromatic heterocycles. The Hall–Kier alpha value is -1.20. The quantitative estimate of drug-likeness (QED) is 0.934. The van der Waals surface area contributed by atoms with Crippen LogP contribution in [0.4, 0.5) is 4.39 Å². The van der Waals surface area contributed by atoms with E-state index in [2.05, 4.69) is 26.3 Å². The third kappa shape index (κ3) is 2.87. The van der Waals surface area contributed by atoms with Crippen LogP contribution in [-0.2, 0) is 7.05 Å². The standard InChI is InChI=1S/C14H17BrFN3/c1-4-17-13(14-11(15)8-18-19(14)3)10-6-5-9(2)12(16)7-10/h5-8,13,17H,4H2,1-3H3. The number of aromatic nitrogens is 2. The van der Waals surface area contributed by atoms with Gasteiger partial charge in [-0.05, 0) is 46.6 Å². The van der Waals surface area contributed by atoms with Crippen LogP contribution in [0.1, 0.15) is 29.8 Å². The van der Waals surface area contributed by atoms with E-state index in [-0.39, 0.29) is 11.9 Å². The normalized spacial score (nSPS) is 12.7. The molecule has 0 spiro atoms. The summed E-state index contributed by atoms with van der Waals surface area (Å²) in [5, 5.41) is 7.59. The van der Waals surface area contributed by atoms with Gasteiger partial charge in [0.05, 0.1) is 22.4 Å². The molecule has 0 bridgehead atoms. The van der Waals surface area contributed by atoms with Gasteiger partial charge in [0.15, 0.2) is 0 Å². The molecule has 1 N–H and O–H groups in total. The summed E-state index contributed by atoms with van der Waals surface area (Å²) in [5.41, 5.74) is 2.54. The number of nitrogens with one attached hydrogen (secondary N) is 1. The van der Waals surface area contributed by atoms with Gasteiger partial charge in [-0.1, -0.05) is 19.1 Å². The van der Waals surface area contributed by atoms with E-state index in [1.807, 2.05) is 20.0 Å². The Morgan fingerprint density at radius 2 is 2.21 bits per heavy atom. The van der Waals surface area contributed by atoms with Crippen molar-refractivity contribution in [1.82, 2.24) is 15.1 Å². The molecule has 1 atom stereocenters. The van der Waals surface area contributed by atoms with Crippen LogP contribution < -0.4 is 5.32 Å². The fraction of sp³-hybridized carbons (Fsp3) is 0.357. The van der Waals surface area contributed by atoms with Crippen LogP contribution in [0.3, 0.4) is 0 Å². The van der Waals surface area contributed by atoms with Crippen LogP contribution >= 0.6 is 15.9 Å². The van der Waals surface area contributed by atoms with E-state index in [0.29, 0.717) is 5.56 Å². The monoisotopic (exact) mass is 325 g/mol. The van der Waals surface area contributed by atoms with E-state index in [1.54, 1.807) is 29.9 Å². The number of aryl methyl sites for hydroxylation is 2. The zero-order valence-electron chi connectivity index (χ0n) is 11.2. The van der Waals surface area contributed by atoms with Crippen LogP contribution in [0.5, 0.6) is 0 Å². The Labute approximate surface area is 121 Å². The minimum absolute atomic E-state index is 0.0815. The van der Waals surface area contributed by atoms with Crippen molar-refractivity contribution in [3.05, 3.63) is 51.5 Å². The summed E-state index contributed by atoms with van der Waals surface area (Å²) in [4.78, 5) is 0. The first-order valence-corrected chi connectivity index (χ1v) is 7.00. The molecule has 0 saturated heterocycles. The second-order valence-electron chi connectivity index (χ2n) is 4.50. The van der Waals surface area contributed by atoms with E-state index in [1.165, 1.54) is 0 Å². The average Bonchev–Trinajstić information content (AvgIpc) is 2.70. The molecule has 5 heteroatoms. The highest BCUT2D eigenvalue weighted by Gasteiger charge is 2.20. The zero-order chi connectivity index (χ0) is 14.0. The van der Waals surface area contributed by atoms with Crippen LogP contribution in [0, 0.1) is 12.7 Å². The average molecular weight is 326 g/mol. The van der Waals surface area contributed by atoms with E-state index in [9.17, 15) is 4.39 Å². The zero-order valence-corrected chi connectivity index (χ0v) is 12.8. The molecule has 2 aromatic rings. The van der Waals surface area contributed by atoms with Gasteiger partial charge in [0.2, 0.25) is 0 Å². The second-order valence-corrected chi connectivity index (χ2v) is 5.36. The predicted octanol–water partition coefficient (Wildman–Crippen LogP) is 3.33. The highest BCUT2D eigenvalue weighted by molar-refractivity contribution is 9.10. The van der Waals surface area contributed by atoms with Crippen molar-refractivity contribution in [2.75, 3.05) is 6.54 Å². The Kier molecular flexibility index (Phi) is 4.37. The first-order valence-electron chi connectivity index (χ1n) is 6.21. The number of rotatable bonds is 4. The second kappa shape index (κ2) is 5.84. The summed E-state index contributed by atoms with van der Waals surface area (Å²) < 4.78 is 16.5. The lowest BCUT2D eigenvalue weighted by molar-refractivity contribution is 0.561. The first-order chi connectivity index (χ1) is 9.04. The fourth-order valence-electron chi connectivity index (χ4n) is 2.11. The molecule has 102 valence electrons. The third-order valence-electron chi connectivity index (χ3n) is 3.15. The minimum Gasteiger partial charge on any atom is -0.305 e. The molecule has 0 radical (unpaired) electrons. The minimum atomic E-state index is -0.182. The van der Waals surface area contributed by atoms with Crippen molar-refractivity contribution in [3.8, 4) is 0 Å². The maximum Gasteiger partial charge on any atom is 0.126 e. The fourth-order valence-corrected chi connectivity index (χ4v) is 2.69. The molecule has 0 saturated carbocycles. The summed E-state index contributed by atoms with van der Waals surface area (Å²) >= 11 is 3.50. The highest BCUT2D eigenvalue weighted by Crippen LogP contribution is 2.28. The van der Waals surface area contributed by atoms with E-state index in [0.717, 1.165) is 22.3 Å². The molecule has 0 amide bonds. The number of benzene rings is 1. The lowest BCUT2D eigenvalue weighted by Gasteiger charge is -2.20. The van der Waals surface area contributed by atoms with Gasteiger partial charge in [-0.2, -0.15) is 5.10 Å². The molecule has 0 aliphatic heterocycles. The molecular weight excluding hydrogens is 309 g/mol. The molecule has 0 fully saturated rings. The number of nitrogens with zero attached hydrogens (tertiary/aromatic N) is 2. The van der Waals surface area contributed by atoms with E-state index >= 15 is 0 Å². The third-order valence-corrected chi connectivity index (χ3v) is 3.76. The van der Waals surface area contributed by atoms with Crippen LogP contribution in [0.15, 0.2) is 28.9 Å².